The predicted molar refractivity (Wildman–Crippen MR) is 112 cm³/mol. The lowest BCUT2D eigenvalue weighted by Crippen LogP contribution is -2.37. The number of hydrogen-bond acceptors (Lipinski definition) is 6. The van der Waals surface area contributed by atoms with Gasteiger partial charge in [0.1, 0.15) is 5.76 Å². The van der Waals surface area contributed by atoms with Gasteiger partial charge in [0.25, 0.3) is 17.4 Å². The Kier molecular flexibility index (Phi) is 6.36. The van der Waals surface area contributed by atoms with Crippen molar-refractivity contribution in [3.05, 3.63) is 80.4 Å². The average Bonchev–Trinajstić information content (AvgIpc) is 2.98. The first-order chi connectivity index (χ1) is 14.7. The van der Waals surface area contributed by atoms with E-state index in [0.29, 0.717) is 5.02 Å². The molecule has 9 nitrogen and oxygen atoms in total. The number of non-ortho nitro benzene ring substituents is 1. The summed E-state index contributed by atoms with van der Waals surface area (Å²) >= 11 is 5.88. The van der Waals surface area contributed by atoms with Crippen LogP contribution in [0.15, 0.2) is 54.1 Å². The molecule has 160 valence electrons. The SMILES string of the molecule is CC(=O)NCCN1C(=O)C(=O)/C(=C(/O)c2ccc(Cl)cc2)[C@@H]1c1cccc([N+](=O)[O-])c1. The van der Waals surface area contributed by atoms with Crippen LogP contribution in [0.4, 0.5) is 5.69 Å². The molecule has 0 unspecified atom stereocenters. The van der Waals surface area contributed by atoms with E-state index >= 15 is 0 Å². The molecule has 2 aromatic carbocycles. The lowest BCUT2D eigenvalue weighted by Gasteiger charge is -2.25. The summed E-state index contributed by atoms with van der Waals surface area (Å²) in [6, 6.07) is 10.5. The Morgan fingerprint density at radius 1 is 1.23 bits per heavy atom. The van der Waals surface area contributed by atoms with E-state index in [1.807, 2.05) is 0 Å². The van der Waals surface area contributed by atoms with E-state index in [9.17, 15) is 29.6 Å². The van der Waals surface area contributed by atoms with E-state index in [0.717, 1.165) is 0 Å². The summed E-state index contributed by atoms with van der Waals surface area (Å²) in [5.74, 6) is -2.54. The van der Waals surface area contributed by atoms with E-state index in [-0.39, 0.29) is 41.4 Å². The molecule has 2 N–H and O–H groups in total. The number of likely N-dealkylation sites (tertiary alicyclic amines) is 1. The van der Waals surface area contributed by atoms with Crippen molar-refractivity contribution < 1.29 is 24.4 Å². The van der Waals surface area contributed by atoms with Gasteiger partial charge in [0, 0.05) is 42.7 Å². The molecule has 31 heavy (non-hydrogen) atoms. The number of nitro benzene ring substituents is 1. The van der Waals surface area contributed by atoms with Gasteiger partial charge in [0.15, 0.2) is 0 Å². The zero-order valence-corrected chi connectivity index (χ0v) is 17.1. The Hall–Kier alpha value is -3.72. The Bertz CT molecular complexity index is 1100. The van der Waals surface area contributed by atoms with Crippen molar-refractivity contribution in [1.82, 2.24) is 10.2 Å². The highest BCUT2D eigenvalue weighted by atomic mass is 35.5. The quantitative estimate of drug-likeness (QED) is 0.232. The van der Waals surface area contributed by atoms with Crippen LogP contribution in [0.25, 0.3) is 5.76 Å². The fraction of sp³-hybridized carbons (Fsp3) is 0.190. The van der Waals surface area contributed by atoms with E-state index in [4.69, 9.17) is 11.6 Å². The molecule has 1 heterocycles. The van der Waals surface area contributed by atoms with Crippen LogP contribution in [0.2, 0.25) is 5.02 Å². The predicted octanol–water partition coefficient (Wildman–Crippen LogP) is 2.81. The number of carbonyl (C=O) groups is 3. The molecule has 0 bridgehead atoms. The van der Waals surface area contributed by atoms with Crippen molar-refractivity contribution in [3.63, 3.8) is 0 Å². The number of ketones is 1. The molecule has 0 radical (unpaired) electrons. The third-order valence-electron chi connectivity index (χ3n) is 4.78. The third kappa shape index (κ3) is 4.56. The second-order valence-corrected chi connectivity index (χ2v) is 7.27. The van der Waals surface area contributed by atoms with Gasteiger partial charge in [-0.3, -0.25) is 24.5 Å². The molecule has 1 atom stereocenters. The van der Waals surface area contributed by atoms with Gasteiger partial charge in [-0.2, -0.15) is 0 Å². The number of nitro groups is 1. The van der Waals surface area contributed by atoms with Crippen molar-refractivity contribution in [2.75, 3.05) is 13.1 Å². The molecular formula is C21H18ClN3O6. The molecule has 0 spiro atoms. The Morgan fingerprint density at radius 2 is 1.90 bits per heavy atom. The summed E-state index contributed by atoms with van der Waals surface area (Å²) in [6.45, 7) is 1.34. The lowest BCUT2D eigenvalue weighted by molar-refractivity contribution is -0.384. The van der Waals surface area contributed by atoms with Crippen LogP contribution in [0.5, 0.6) is 0 Å². The first-order valence-corrected chi connectivity index (χ1v) is 9.61. The number of amides is 2. The fourth-order valence-corrected chi connectivity index (χ4v) is 3.51. The van der Waals surface area contributed by atoms with E-state index in [1.165, 1.54) is 60.4 Å². The number of Topliss-reactive ketones (excluding diaryl/α,β-unsaturated/α-hetero) is 1. The van der Waals surface area contributed by atoms with E-state index in [1.54, 1.807) is 0 Å². The number of nitrogens with zero attached hydrogens (tertiary/aromatic N) is 2. The average molecular weight is 444 g/mol. The second-order valence-electron chi connectivity index (χ2n) is 6.83. The Labute approximate surface area is 182 Å². The van der Waals surface area contributed by atoms with Crippen LogP contribution < -0.4 is 5.32 Å². The zero-order chi connectivity index (χ0) is 22.7. The van der Waals surface area contributed by atoms with Gasteiger partial charge in [-0.1, -0.05) is 23.7 Å². The maximum absolute atomic E-state index is 12.8. The van der Waals surface area contributed by atoms with Gasteiger partial charge in [-0.05, 0) is 29.8 Å². The number of benzene rings is 2. The van der Waals surface area contributed by atoms with Crippen molar-refractivity contribution in [3.8, 4) is 0 Å². The summed E-state index contributed by atoms with van der Waals surface area (Å²) < 4.78 is 0. The van der Waals surface area contributed by atoms with Gasteiger partial charge in [-0.15, -0.1) is 0 Å². The van der Waals surface area contributed by atoms with Gasteiger partial charge in [0.2, 0.25) is 5.91 Å². The zero-order valence-electron chi connectivity index (χ0n) is 16.4. The number of nitrogens with one attached hydrogen (secondary N) is 1. The van der Waals surface area contributed by atoms with Crippen molar-refractivity contribution >= 4 is 40.6 Å². The van der Waals surface area contributed by atoms with Crippen LogP contribution in [0.3, 0.4) is 0 Å². The number of halogens is 1. The number of hydrogen-bond donors (Lipinski definition) is 2. The van der Waals surface area contributed by atoms with Crippen LogP contribution in [0.1, 0.15) is 24.1 Å². The molecular weight excluding hydrogens is 426 g/mol. The number of aliphatic hydroxyl groups excluding tert-OH is 1. The molecule has 0 aliphatic carbocycles. The van der Waals surface area contributed by atoms with Crippen LogP contribution >= 0.6 is 11.6 Å². The molecule has 1 aliphatic rings. The number of carbonyl (C=O) groups excluding carboxylic acids is 3. The molecule has 1 aliphatic heterocycles. The molecule has 0 saturated carbocycles. The van der Waals surface area contributed by atoms with Gasteiger partial charge in [0.05, 0.1) is 16.5 Å². The van der Waals surface area contributed by atoms with Crippen LogP contribution in [0, 0.1) is 10.1 Å². The normalized spacial score (nSPS) is 17.6. The van der Waals surface area contributed by atoms with Crippen molar-refractivity contribution in [2.45, 2.75) is 13.0 Å². The molecule has 2 amide bonds. The molecule has 2 aromatic rings. The van der Waals surface area contributed by atoms with E-state index in [2.05, 4.69) is 5.32 Å². The van der Waals surface area contributed by atoms with Crippen LogP contribution in [-0.2, 0) is 14.4 Å². The summed E-state index contributed by atoms with van der Waals surface area (Å²) in [7, 11) is 0. The summed E-state index contributed by atoms with van der Waals surface area (Å²) in [6.07, 6.45) is 0. The highest BCUT2D eigenvalue weighted by molar-refractivity contribution is 6.46. The summed E-state index contributed by atoms with van der Waals surface area (Å²) in [5, 5.41) is 25.1. The first-order valence-electron chi connectivity index (χ1n) is 9.24. The monoisotopic (exact) mass is 443 g/mol. The largest absolute Gasteiger partial charge is 0.507 e. The standard InChI is InChI=1S/C21H18ClN3O6/c1-12(26)23-9-10-24-18(14-3-2-4-16(11-14)25(30)31)17(20(28)21(24)29)19(27)13-5-7-15(22)8-6-13/h2-8,11,18,27H,9-10H2,1H3,(H,23,26)/b19-17+/t18-/m0/s1. The maximum atomic E-state index is 12.8. The molecule has 10 heteroatoms. The van der Waals surface area contributed by atoms with Gasteiger partial charge < -0.3 is 15.3 Å². The van der Waals surface area contributed by atoms with Gasteiger partial charge in [-0.25, -0.2) is 0 Å². The van der Waals surface area contributed by atoms with Crippen LogP contribution in [-0.4, -0.2) is 45.6 Å². The van der Waals surface area contributed by atoms with E-state index < -0.39 is 28.4 Å². The summed E-state index contributed by atoms with van der Waals surface area (Å²) in [5.41, 5.74) is 0.124. The minimum Gasteiger partial charge on any atom is -0.507 e. The topological polar surface area (TPSA) is 130 Å². The summed E-state index contributed by atoms with van der Waals surface area (Å²) in [4.78, 5) is 48.6. The maximum Gasteiger partial charge on any atom is 0.295 e. The minimum atomic E-state index is -1.07. The van der Waals surface area contributed by atoms with Crippen molar-refractivity contribution in [2.24, 2.45) is 0 Å². The third-order valence-corrected chi connectivity index (χ3v) is 5.03. The Morgan fingerprint density at radius 3 is 2.52 bits per heavy atom. The molecule has 1 fully saturated rings. The molecule has 1 saturated heterocycles. The van der Waals surface area contributed by atoms with Crippen molar-refractivity contribution in [1.29, 1.82) is 0 Å². The molecule has 3 rings (SSSR count). The number of rotatable bonds is 6. The Balaban J connectivity index is 2.14. The molecule has 0 aromatic heterocycles. The first kappa shape index (κ1) is 22.0. The number of aliphatic hydroxyl groups is 1. The van der Waals surface area contributed by atoms with Gasteiger partial charge >= 0.3 is 0 Å². The smallest absolute Gasteiger partial charge is 0.295 e. The fourth-order valence-electron chi connectivity index (χ4n) is 3.38. The highest BCUT2D eigenvalue weighted by Gasteiger charge is 2.46. The highest BCUT2D eigenvalue weighted by Crippen LogP contribution is 2.40. The minimum absolute atomic E-state index is 0.0328. The second kappa shape index (κ2) is 8.97. The lowest BCUT2D eigenvalue weighted by atomic mass is 9.95.